The number of ether oxygens (including phenoxy) is 1. The van der Waals surface area contributed by atoms with Gasteiger partial charge < -0.3 is 14.5 Å². The molecule has 1 unspecified atom stereocenters. The summed E-state index contributed by atoms with van der Waals surface area (Å²) in [6, 6.07) is 9.81. The molecule has 3 heterocycles. The molecule has 2 aliphatic heterocycles. The molecule has 0 aliphatic carbocycles. The van der Waals surface area contributed by atoms with Gasteiger partial charge in [-0.25, -0.2) is 9.78 Å². The second-order valence-corrected chi connectivity index (χ2v) is 9.22. The van der Waals surface area contributed by atoms with Crippen molar-refractivity contribution >= 4 is 17.6 Å². The standard InChI is InChI=1S/C25H33N5O3/c1-17(2)20-7-9-21(10-8-20)30-13-12-29(25(30)32)16-24(31)28-11-5-6-22(15-28)33-23-14-18(3)26-19(4)27-23/h7-10,14,17,22H,5-6,11-13,15-16H2,1-4H3. The normalized spacial score (nSPS) is 18.9. The number of piperidine rings is 1. The number of amides is 3. The first-order valence-electron chi connectivity index (χ1n) is 11.7. The number of rotatable bonds is 6. The number of hydrogen-bond acceptors (Lipinski definition) is 5. The third-order valence-electron chi connectivity index (χ3n) is 6.25. The Labute approximate surface area is 195 Å². The highest BCUT2D eigenvalue weighted by atomic mass is 16.5. The van der Waals surface area contributed by atoms with Crippen molar-refractivity contribution < 1.29 is 14.3 Å². The Balaban J connectivity index is 1.33. The van der Waals surface area contributed by atoms with Crippen molar-refractivity contribution in [1.29, 1.82) is 0 Å². The number of anilines is 1. The van der Waals surface area contributed by atoms with E-state index in [1.165, 1.54) is 5.56 Å². The predicted molar refractivity (Wildman–Crippen MR) is 127 cm³/mol. The van der Waals surface area contributed by atoms with Crippen LogP contribution in [0.4, 0.5) is 10.5 Å². The highest BCUT2D eigenvalue weighted by molar-refractivity contribution is 5.96. The minimum atomic E-state index is -0.114. The molecule has 0 saturated carbocycles. The molecule has 8 heteroatoms. The predicted octanol–water partition coefficient (Wildman–Crippen LogP) is 3.53. The topological polar surface area (TPSA) is 78.9 Å². The summed E-state index contributed by atoms with van der Waals surface area (Å²) in [7, 11) is 0. The monoisotopic (exact) mass is 451 g/mol. The number of hydrogen-bond donors (Lipinski definition) is 0. The fraction of sp³-hybridized carbons (Fsp3) is 0.520. The second-order valence-electron chi connectivity index (χ2n) is 9.22. The fourth-order valence-corrected chi connectivity index (χ4v) is 4.45. The zero-order valence-electron chi connectivity index (χ0n) is 20.0. The third-order valence-corrected chi connectivity index (χ3v) is 6.25. The van der Waals surface area contributed by atoms with E-state index >= 15 is 0 Å². The molecule has 1 aromatic carbocycles. The van der Waals surface area contributed by atoms with Gasteiger partial charge in [-0.3, -0.25) is 9.69 Å². The zero-order chi connectivity index (χ0) is 23.5. The van der Waals surface area contributed by atoms with Crippen molar-refractivity contribution in [1.82, 2.24) is 19.8 Å². The molecule has 0 radical (unpaired) electrons. The van der Waals surface area contributed by atoms with E-state index in [9.17, 15) is 9.59 Å². The van der Waals surface area contributed by atoms with Gasteiger partial charge in [-0.05, 0) is 50.3 Å². The Morgan fingerprint density at radius 1 is 1.12 bits per heavy atom. The largest absolute Gasteiger partial charge is 0.472 e. The molecule has 0 N–H and O–H groups in total. The first kappa shape index (κ1) is 23.0. The van der Waals surface area contributed by atoms with Crippen molar-refractivity contribution in [3.63, 3.8) is 0 Å². The minimum absolute atomic E-state index is 0.0382. The van der Waals surface area contributed by atoms with Gasteiger partial charge in [0.05, 0.1) is 6.54 Å². The number of urea groups is 1. The Morgan fingerprint density at radius 2 is 1.88 bits per heavy atom. The van der Waals surface area contributed by atoms with Gasteiger partial charge in [-0.2, -0.15) is 4.98 Å². The van der Waals surface area contributed by atoms with Gasteiger partial charge in [0.1, 0.15) is 18.5 Å². The van der Waals surface area contributed by atoms with Gasteiger partial charge in [-0.15, -0.1) is 0 Å². The SMILES string of the molecule is Cc1cc(OC2CCCN(C(=O)CN3CCN(c4ccc(C(C)C)cc4)C3=O)C2)nc(C)n1. The van der Waals surface area contributed by atoms with Crippen LogP contribution in [0.3, 0.4) is 0 Å². The van der Waals surface area contributed by atoms with Gasteiger partial charge in [0, 0.05) is 37.1 Å². The van der Waals surface area contributed by atoms with Gasteiger partial charge in [0.25, 0.3) is 0 Å². The molecule has 1 atom stereocenters. The molecule has 2 saturated heterocycles. The maximum Gasteiger partial charge on any atom is 0.325 e. The lowest BCUT2D eigenvalue weighted by Gasteiger charge is -2.33. The Morgan fingerprint density at radius 3 is 2.58 bits per heavy atom. The Bertz CT molecular complexity index is 987. The van der Waals surface area contributed by atoms with Crippen LogP contribution in [0, 0.1) is 13.8 Å². The number of nitrogens with zero attached hydrogens (tertiary/aromatic N) is 5. The quantitative estimate of drug-likeness (QED) is 0.671. The molecular formula is C25H33N5O3. The van der Waals surface area contributed by atoms with E-state index in [1.807, 2.05) is 36.9 Å². The average Bonchev–Trinajstić information content (AvgIpc) is 3.13. The van der Waals surface area contributed by atoms with Crippen LogP contribution < -0.4 is 9.64 Å². The number of aryl methyl sites for hydroxylation is 2. The van der Waals surface area contributed by atoms with E-state index in [0.29, 0.717) is 43.8 Å². The molecular weight excluding hydrogens is 418 g/mol. The van der Waals surface area contributed by atoms with Crippen LogP contribution in [-0.4, -0.2) is 70.5 Å². The smallest absolute Gasteiger partial charge is 0.325 e. The molecule has 176 valence electrons. The summed E-state index contributed by atoms with van der Waals surface area (Å²) in [5.41, 5.74) is 2.98. The molecule has 2 aliphatic rings. The number of aromatic nitrogens is 2. The first-order chi connectivity index (χ1) is 15.8. The van der Waals surface area contributed by atoms with E-state index < -0.39 is 0 Å². The van der Waals surface area contributed by atoms with Crippen LogP contribution in [0.2, 0.25) is 0 Å². The van der Waals surface area contributed by atoms with Crippen LogP contribution in [0.15, 0.2) is 30.3 Å². The van der Waals surface area contributed by atoms with Crippen LogP contribution in [0.25, 0.3) is 0 Å². The molecule has 8 nitrogen and oxygen atoms in total. The molecule has 2 fully saturated rings. The van der Waals surface area contributed by atoms with E-state index in [-0.39, 0.29) is 24.6 Å². The van der Waals surface area contributed by atoms with Crippen LogP contribution in [0.5, 0.6) is 5.88 Å². The van der Waals surface area contributed by atoms with Gasteiger partial charge in [0.15, 0.2) is 0 Å². The summed E-state index contributed by atoms with van der Waals surface area (Å²) in [5, 5.41) is 0. The van der Waals surface area contributed by atoms with Crippen LogP contribution >= 0.6 is 0 Å². The summed E-state index contributed by atoms with van der Waals surface area (Å²) in [6.07, 6.45) is 1.62. The van der Waals surface area contributed by atoms with Crippen molar-refractivity contribution in [2.24, 2.45) is 0 Å². The number of carbonyl (C=O) groups excluding carboxylic acids is 2. The lowest BCUT2D eigenvalue weighted by atomic mass is 10.0. The molecule has 0 spiro atoms. The lowest BCUT2D eigenvalue weighted by Crippen LogP contribution is -2.48. The van der Waals surface area contributed by atoms with Gasteiger partial charge in [0.2, 0.25) is 11.8 Å². The van der Waals surface area contributed by atoms with Crippen molar-refractivity contribution in [3.8, 4) is 5.88 Å². The molecule has 0 bridgehead atoms. The summed E-state index contributed by atoms with van der Waals surface area (Å²) in [6.45, 7) is 10.5. The van der Waals surface area contributed by atoms with Gasteiger partial charge in [-0.1, -0.05) is 26.0 Å². The Hall–Kier alpha value is -3.16. The van der Waals surface area contributed by atoms with Crippen molar-refractivity contribution in [3.05, 3.63) is 47.4 Å². The molecule has 33 heavy (non-hydrogen) atoms. The summed E-state index contributed by atoms with van der Waals surface area (Å²) in [5.74, 6) is 1.63. The van der Waals surface area contributed by atoms with E-state index in [0.717, 1.165) is 24.2 Å². The summed E-state index contributed by atoms with van der Waals surface area (Å²) >= 11 is 0. The fourth-order valence-electron chi connectivity index (χ4n) is 4.45. The number of carbonyl (C=O) groups is 2. The van der Waals surface area contributed by atoms with E-state index in [2.05, 4.69) is 35.9 Å². The number of likely N-dealkylation sites (tertiary alicyclic amines) is 1. The highest BCUT2D eigenvalue weighted by Gasteiger charge is 2.33. The van der Waals surface area contributed by atoms with Gasteiger partial charge >= 0.3 is 6.03 Å². The number of benzene rings is 1. The summed E-state index contributed by atoms with van der Waals surface area (Å²) < 4.78 is 6.06. The van der Waals surface area contributed by atoms with Crippen molar-refractivity contribution in [2.45, 2.75) is 52.6 Å². The van der Waals surface area contributed by atoms with Crippen LogP contribution in [0.1, 0.15) is 49.7 Å². The third kappa shape index (κ3) is 5.43. The Kier molecular flexibility index (Phi) is 6.81. The molecule has 4 rings (SSSR count). The average molecular weight is 452 g/mol. The first-order valence-corrected chi connectivity index (χ1v) is 11.7. The molecule has 1 aromatic heterocycles. The van der Waals surface area contributed by atoms with Crippen molar-refractivity contribution in [2.75, 3.05) is 37.6 Å². The minimum Gasteiger partial charge on any atom is -0.472 e. The highest BCUT2D eigenvalue weighted by Crippen LogP contribution is 2.24. The maximum absolute atomic E-state index is 13.0. The maximum atomic E-state index is 13.0. The van der Waals surface area contributed by atoms with E-state index in [4.69, 9.17) is 4.74 Å². The summed E-state index contributed by atoms with van der Waals surface area (Å²) in [4.78, 5) is 39.8. The molecule has 2 aromatic rings. The molecule has 3 amide bonds. The second kappa shape index (κ2) is 9.77. The lowest BCUT2D eigenvalue weighted by molar-refractivity contribution is -0.134. The zero-order valence-corrected chi connectivity index (χ0v) is 20.0. The van der Waals surface area contributed by atoms with E-state index in [1.54, 1.807) is 9.80 Å². The van der Waals surface area contributed by atoms with Crippen LogP contribution in [-0.2, 0) is 4.79 Å².